The van der Waals surface area contributed by atoms with Crippen LogP contribution in [0.1, 0.15) is 13.3 Å². The molecule has 2 aromatic rings. The van der Waals surface area contributed by atoms with E-state index < -0.39 is 0 Å². The van der Waals surface area contributed by atoms with E-state index in [2.05, 4.69) is 48.4 Å². The van der Waals surface area contributed by atoms with Gasteiger partial charge >= 0.3 is 0 Å². The summed E-state index contributed by atoms with van der Waals surface area (Å²) in [5.41, 5.74) is 0.732. The Balaban J connectivity index is 2.26. The number of anilines is 3. The van der Waals surface area contributed by atoms with Crippen LogP contribution in [0.3, 0.4) is 0 Å². The van der Waals surface area contributed by atoms with Crippen molar-refractivity contribution in [2.45, 2.75) is 13.3 Å². The second-order valence-electron chi connectivity index (χ2n) is 4.15. The van der Waals surface area contributed by atoms with E-state index in [0.29, 0.717) is 17.6 Å². The number of nitrogens with one attached hydrogen (secondary N) is 2. The Labute approximate surface area is 136 Å². The minimum Gasteiger partial charge on any atom is -0.495 e. The predicted molar refractivity (Wildman–Crippen MR) is 87.6 cm³/mol. The van der Waals surface area contributed by atoms with E-state index in [9.17, 15) is 0 Å². The molecule has 6 nitrogen and oxygen atoms in total. The van der Waals surface area contributed by atoms with Gasteiger partial charge in [0.15, 0.2) is 0 Å². The fourth-order valence-electron chi connectivity index (χ4n) is 1.62. The van der Waals surface area contributed by atoms with Gasteiger partial charge in [-0.1, -0.05) is 22.9 Å². The molecule has 2 rings (SSSR count). The molecule has 1 aromatic carbocycles. The zero-order valence-electron chi connectivity index (χ0n) is 11.7. The lowest BCUT2D eigenvalue weighted by Crippen LogP contribution is -2.08. The van der Waals surface area contributed by atoms with E-state index in [1.807, 2.05) is 18.2 Å². The van der Waals surface area contributed by atoms with Gasteiger partial charge < -0.3 is 15.4 Å². The Morgan fingerprint density at radius 3 is 2.71 bits per heavy atom. The van der Waals surface area contributed by atoms with E-state index in [1.165, 1.54) is 0 Å². The molecule has 0 atom stereocenters. The maximum atomic E-state index is 5.92. The largest absolute Gasteiger partial charge is 0.495 e. The van der Waals surface area contributed by atoms with Gasteiger partial charge in [-0.3, -0.25) is 0 Å². The van der Waals surface area contributed by atoms with Crippen molar-refractivity contribution in [1.29, 1.82) is 0 Å². The molecule has 0 aliphatic rings. The molecule has 8 heteroatoms. The number of halogens is 2. The van der Waals surface area contributed by atoms with E-state index in [4.69, 9.17) is 16.3 Å². The first-order chi connectivity index (χ1) is 10.1. The lowest BCUT2D eigenvalue weighted by molar-refractivity contribution is 0.416. The van der Waals surface area contributed by atoms with Crippen molar-refractivity contribution in [3.05, 3.63) is 28.0 Å². The predicted octanol–water partition coefficient (Wildman–Crippen LogP) is 3.86. The molecule has 0 saturated carbocycles. The third-order valence-corrected chi connectivity index (χ3v) is 3.21. The molecule has 0 fully saturated rings. The summed E-state index contributed by atoms with van der Waals surface area (Å²) in [6.07, 6.45) is 0.964. The maximum Gasteiger partial charge on any atom is 0.233 e. The smallest absolute Gasteiger partial charge is 0.233 e. The second-order valence-corrected chi connectivity index (χ2v) is 5.40. The average Bonchev–Trinajstić information content (AvgIpc) is 2.45. The van der Waals surface area contributed by atoms with E-state index in [1.54, 1.807) is 7.11 Å². The number of benzene rings is 1. The summed E-state index contributed by atoms with van der Waals surface area (Å²) >= 11 is 9.33. The first-order valence-electron chi connectivity index (χ1n) is 6.38. The second kappa shape index (κ2) is 7.42. The van der Waals surface area contributed by atoms with Crippen molar-refractivity contribution < 1.29 is 4.74 Å². The molecule has 21 heavy (non-hydrogen) atoms. The van der Waals surface area contributed by atoms with Crippen LogP contribution in [-0.2, 0) is 0 Å². The molecule has 1 heterocycles. The SMILES string of the molecule is CCCNc1nc(Cl)nc(Nc2cc(Br)ccc2OC)n1. The number of ether oxygens (including phenoxy) is 1. The van der Waals surface area contributed by atoms with Gasteiger partial charge in [0.25, 0.3) is 0 Å². The molecule has 0 unspecified atom stereocenters. The molecule has 0 aliphatic heterocycles. The van der Waals surface area contributed by atoms with Gasteiger partial charge in [0, 0.05) is 11.0 Å². The number of hydrogen-bond acceptors (Lipinski definition) is 6. The highest BCUT2D eigenvalue weighted by Gasteiger charge is 2.09. The molecule has 2 N–H and O–H groups in total. The molecular weight excluding hydrogens is 358 g/mol. The van der Waals surface area contributed by atoms with Gasteiger partial charge in [-0.25, -0.2) is 0 Å². The van der Waals surface area contributed by atoms with Gasteiger partial charge in [0.1, 0.15) is 5.75 Å². The first kappa shape index (κ1) is 15.8. The van der Waals surface area contributed by atoms with Crippen molar-refractivity contribution in [3.63, 3.8) is 0 Å². The van der Waals surface area contributed by atoms with Crippen LogP contribution in [0.25, 0.3) is 0 Å². The van der Waals surface area contributed by atoms with Crippen molar-refractivity contribution in [1.82, 2.24) is 15.0 Å². The number of rotatable bonds is 6. The lowest BCUT2D eigenvalue weighted by atomic mass is 10.3. The topological polar surface area (TPSA) is 72.0 Å². The van der Waals surface area contributed by atoms with Crippen LogP contribution in [0.4, 0.5) is 17.6 Å². The summed E-state index contributed by atoms with van der Waals surface area (Å²) in [4.78, 5) is 12.4. The maximum absolute atomic E-state index is 5.92. The van der Waals surface area contributed by atoms with Gasteiger partial charge in [-0.15, -0.1) is 0 Å². The fourth-order valence-corrected chi connectivity index (χ4v) is 2.14. The third kappa shape index (κ3) is 4.44. The van der Waals surface area contributed by atoms with E-state index >= 15 is 0 Å². The average molecular weight is 373 g/mol. The third-order valence-electron chi connectivity index (χ3n) is 2.55. The highest BCUT2D eigenvalue weighted by Crippen LogP contribution is 2.30. The Morgan fingerprint density at radius 2 is 2.00 bits per heavy atom. The normalized spacial score (nSPS) is 10.3. The van der Waals surface area contributed by atoms with Crippen LogP contribution in [0, 0.1) is 0 Å². The molecular formula is C13H15BrClN5O. The van der Waals surface area contributed by atoms with Crippen LogP contribution in [0.2, 0.25) is 5.28 Å². The van der Waals surface area contributed by atoms with Crippen LogP contribution >= 0.6 is 27.5 Å². The molecule has 0 radical (unpaired) electrons. The molecule has 112 valence electrons. The fraction of sp³-hybridized carbons (Fsp3) is 0.308. The summed E-state index contributed by atoms with van der Waals surface area (Å²) in [5.74, 6) is 1.47. The van der Waals surface area contributed by atoms with Crippen molar-refractivity contribution in [3.8, 4) is 5.75 Å². The Hall–Kier alpha value is -1.60. The Kier molecular flexibility index (Phi) is 5.58. The molecule has 0 spiro atoms. The summed E-state index contributed by atoms with van der Waals surface area (Å²) in [6.45, 7) is 2.82. The number of nitrogens with zero attached hydrogens (tertiary/aromatic N) is 3. The zero-order valence-corrected chi connectivity index (χ0v) is 14.0. The number of aromatic nitrogens is 3. The monoisotopic (exact) mass is 371 g/mol. The van der Waals surface area contributed by atoms with Gasteiger partial charge in [0.2, 0.25) is 17.2 Å². The van der Waals surface area contributed by atoms with Crippen LogP contribution in [0.15, 0.2) is 22.7 Å². The summed E-state index contributed by atoms with van der Waals surface area (Å²) in [5, 5.41) is 6.28. The minimum absolute atomic E-state index is 0.125. The molecule has 0 aliphatic carbocycles. The Bertz CT molecular complexity index is 626. The standard InChI is InChI=1S/C13H15BrClN5O/c1-3-6-16-12-18-11(15)19-13(20-12)17-9-7-8(14)4-5-10(9)21-2/h4-5,7H,3,6H2,1-2H3,(H2,16,17,18,19,20). The highest BCUT2D eigenvalue weighted by molar-refractivity contribution is 9.10. The van der Waals surface area contributed by atoms with Crippen molar-refractivity contribution in [2.24, 2.45) is 0 Å². The van der Waals surface area contributed by atoms with Crippen LogP contribution in [-0.4, -0.2) is 28.6 Å². The van der Waals surface area contributed by atoms with Gasteiger partial charge in [-0.05, 0) is 36.2 Å². The Morgan fingerprint density at radius 1 is 1.24 bits per heavy atom. The van der Waals surface area contributed by atoms with E-state index in [0.717, 1.165) is 23.1 Å². The number of hydrogen-bond donors (Lipinski definition) is 2. The summed E-state index contributed by atoms with van der Waals surface area (Å²) in [6, 6.07) is 5.60. The number of methoxy groups -OCH3 is 1. The van der Waals surface area contributed by atoms with E-state index in [-0.39, 0.29) is 5.28 Å². The quantitative estimate of drug-likeness (QED) is 0.802. The zero-order chi connectivity index (χ0) is 15.2. The molecule has 0 saturated heterocycles. The van der Waals surface area contributed by atoms with Gasteiger partial charge in [0.05, 0.1) is 12.8 Å². The van der Waals surface area contributed by atoms with Crippen LogP contribution < -0.4 is 15.4 Å². The van der Waals surface area contributed by atoms with Crippen molar-refractivity contribution >= 4 is 45.1 Å². The molecule has 0 bridgehead atoms. The molecule has 0 amide bonds. The van der Waals surface area contributed by atoms with Gasteiger partial charge in [-0.2, -0.15) is 15.0 Å². The summed E-state index contributed by atoms with van der Waals surface area (Å²) < 4.78 is 6.21. The first-order valence-corrected chi connectivity index (χ1v) is 7.55. The summed E-state index contributed by atoms with van der Waals surface area (Å²) in [7, 11) is 1.60. The molecule has 1 aromatic heterocycles. The minimum atomic E-state index is 0.125. The van der Waals surface area contributed by atoms with Crippen LogP contribution in [0.5, 0.6) is 5.75 Å². The highest BCUT2D eigenvalue weighted by atomic mass is 79.9. The van der Waals surface area contributed by atoms with Crippen molar-refractivity contribution in [2.75, 3.05) is 24.3 Å². The lowest BCUT2D eigenvalue weighted by Gasteiger charge is -2.11.